The van der Waals surface area contributed by atoms with E-state index in [0.29, 0.717) is 6.42 Å². The van der Waals surface area contributed by atoms with Gasteiger partial charge in [0.1, 0.15) is 0 Å². The molecule has 0 aromatic heterocycles. The Morgan fingerprint density at radius 3 is 1.62 bits per heavy atom. The first-order valence-corrected chi connectivity index (χ1v) is 9.82. The minimum absolute atomic E-state index is 0.329. The second kappa shape index (κ2) is 17.7. The summed E-state index contributed by atoms with van der Waals surface area (Å²) in [7, 11) is 0. The molecule has 0 unspecified atom stereocenters. The Balaban J connectivity index is 3.07. The van der Waals surface area contributed by atoms with E-state index in [1.54, 1.807) is 0 Å². The van der Waals surface area contributed by atoms with E-state index in [4.69, 9.17) is 5.11 Å². The Bertz CT molecular complexity index is 252. The SMILES string of the molecule is O=C(O)CCCCCCCC=CCCCCCCCCBr. The molecule has 0 radical (unpaired) electrons. The summed E-state index contributed by atoms with van der Waals surface area (Å²) in [6, 6.07) is 0. The number of carboxylic acids is 1. The number of hydrogen-bond acceptors (Lipinski definition) is 1. The number of carbonyl (C=O) groups is 1. The Hall–Kier alpha value is -0.310. The lowest BCUT2D eigenvalue weighted by molar-refractivity contribution is -0.137. The summed E-state index contributed by atoms with van der Waals surface area (Å²) in [6.45, 7) is 0. The fourth-order valence-corrected chi connectivity index (χ4v) is 2.76. The van der Waals surface area contributed by atoms with Gasteiger partial charge in [0.15, 0.2) is 0 Å². The first kappa shape index (κ1) is 20.7. The molecule has 0 saturated heterocycles. The zero-order valence-corrected chi connectivity index (χ0v) is 15.1. The first-order chi connectivity index (χ1) is 10.3. The molecule has 0 bridgehead atoms. The van der Waals surface area contributed by atoms with Crippen LogP contribution in [0, 0.1) is 0 Å². The molecule has 0 aromatic carbocycles. The molecule has 0 aliphatic carbocycles. The quantitative estimate of drug-likeness (QED) is 0.194. The van der Waals surface area contributed by atoms with Gasteiger partial charge in [0, 0.05) is 11.8 Å². The summed E-state index contributed by atoms with van der Waals surface area (Å²) in [5, 5.41) is 9.67. The number of allylic oxidation sites excluding steroid dienone is 2. The average molecular weight is 361 g/mol. The third-order valence-corrected chi connectivity index (χ3v) is 4.24. The minimum Gasteiger partial charge on any atom is -0.481 e. The third kappa shape index (κ3) is 19.7. The number of unbranched alkanes of at least 4 members (excludes halogenated alkanes) is 11. The van der Waals surface area contributed by atoms with Crippen LogP contribution in [0.3, 0.4) is 0 Å². The standard InChI is InChI=1S/C18H33BrO2/c19-17-15-13-11-9-7-5-3-1-2-4-6-8-10-12-14-16-18(20)21/h1-2H,3-17H2,(H,20,21). The largest absolute Gasteiger partial charge is 0.481 e. The molecule has 0 atom stereocenters. The van der Waals surface area contributed by atoms with Gasteiger partial charge in [-0.1, -0.05) is 73.0 Å². The van der Waals surface area contributed by atoms with Crippen molar-refractivity contribution in [1.82, 2.24) is 0 Å². The van der Waals surface area contributed by atoms with E-state index >= 15 is 0 Å². The number of aliphatic carboxylic acids is 1. The van der Waals surface area contributed by atoms with Gasteiger partial charge in [0.2, 0.25) is 0 Å². The molecule has 0 aliphatic heterocycles. The van der Waals surface area contributed by atoms with Crippen LogP contribution in [0.1, 0.15) is 89.9 Å². The molecule has 3 heteroatoms. The molecule has 0 aliphatic rings. The lowest BCUT2D eigenvalue weighted by Gasteiger charge is -1.99. The number of alkyl halides is 1. The van der Waals surface area contributed by atoms with E-state index in [0.717, 1.165) is 18.2 Å². The first-order valence-electron chi connectivity index (χ1n) is 8.70. The summed E-state index contributed by atoms with van der Waals surface area (Å²) in [4.78, 5) is 10.3. The number of halogens is 1. The van der Waals surface area contributed by atoms with Gasteiger partial charge in [-0.3, -0.25) is 4.79 Å². The summed E-state index contributed by atoms with van der Waals surface area (Å²) in [5.74, 6) is -0.666. The molecule has 0 spiro atoms. The Morgan fingerprint density at radius 2 is 1.14 bits per heavy atom. The molecular weight excluding hydrogens is 328 g/mol. The fourth-order valence-electron chi connectivity index (χ4n) is 2.37. The van der Waals surface area contributed by atoms with Crippen molar-refractivity contribution in [3.8, 4) is 0 Å². The molecule has 0 saturated carbocycles. The highest BCUT2D eigenvalue weighted by Gasteiger charge is 1.95. The van der Waals surface area contributed by atoms with E-state index in [-0.39, 0.29) is 0 Å². The van der Waals surface area contributed by atoms with Crippen LogP contribution in [0.25, 0.3) is 0 Å². The van der Waals surface area contributed by atoms with Crippen molar-refractivity contribution in [2.45, 2.75) is 89.9 Å². The highest BCUT2D eigenvalue weighted by atomic mass is 79.9. The lowest BCUT2D eigenvalue weighted by atomic mass is 10.1. The molecule has 21 heavy (non-hydrogen) atoms. The minimum atomic E-state index is -0.666. The van der Waals surface area contributed by atoms with E-state index in [1.165, 1.54) is 70.6 Å². The Labute approximate surface area is 139 Å². The van der Waals surface area contributed by atoms with Gasteiger partial charge in [-0.25, -0.2) is 0 Å². The van der Waals surface area contributed by atoms with Crippen molar-refractivity contribution < 1.29 is 9.90 Å². The van der Waals surface area contributed by atoms with Crippen LogP contribution in [0.2, 0.25) is 0 Å². The maximum absolute atomic E-state index is 10.3. The van der Waals surface area contributed by atoms with Crippen molar-refractivity contribution >= 4 is 21.9 Å². The highest BCUT2D eigenvalue weighted by molar-refractivity contribution is 9.09. The molecule has 2 nitrogen and oxygen atoms in total. The van der Waals surface area contributed by atoms with Gasteiger partial charge in [0.25, 0.3) is 0 Å². The molecule has 0 rings (SSSR count). The lowest BCUT2D eigenvalue weighted by Crippen LogP contribution is -1.93. The summed E-state index contributed by atoms with van der Waals surface area (Å²) < 4.78 is 0. The van der Waals surface area contributed by atoms with Crippen molar-refractivity contribution in [3.63, 3.8) is 0 Å². The van der Waals surface area contributed by atoms with Crippen molar-refractivity contribution in [2.75, 3.05) is 5.33 Å². The van der Waals surface area contributed by atoms with Crippen molar-refractivity contribution in [2.24, 2.45) is 0 Å². The van der Waals surface area contributed by atoms with Gasteiger partial charge >= 0.3 is 5.97 Å². The normalized spacial score (nSPS) is 11.3. The molecule has 0 heterocycles. The highest BCUT2D eigenvalue weighted by Crippen LogP contribution is 2.10. The Kier molecular flexibility index (Phi) is 17.5. The summed E-state index contributed by atoms with van der Waals surface area (Å²) in [6.07, 6.45) is 21.1. The smallest absolute Gasteiger partial charge is 0.303 e. The van der Waals surface area contributed by atoms with Crippen LogP contribution in [0.4, 0.5) is 0 Å². The van der Waals surface area contributed by atoms with E-state index in [1.807, 2.05) is 0 Å². The van der Waals surface area contributed by atoms with Crippen molar-refractivity contribution in [3.05, 3.63) is 12.2 Å². The van der Waals surface area contributed by atoms with Gasteiger partial charge in [0.05, 0.1) is 0 Å². The van der Waals surface area contributed by atoms with Crippen LogP contribution in [-0.2, 0) is 4.79 Å². The second-order valence-electron chi connectivity index (χ2n) is 5.77. The molecule has 1 N–H and O–H groups in total. The maximum atomic E-state index is 10.3. The third-order valence-electron chi connectivity index (χ3n) is 3.68. The molecule has 0 fully saturated rings. The van der Waals surface area contributed by atoms with E-state index in [9.17, 15) is 4.79 Å². The number of rotatable bonds is 16. The van der Waals surface area contributed by atoms with Crippen LogP contribution < -0.4 is 0 Å². The number of carboxylic acid groups (broad SMARTS) is 1. The van der Waals surface area contributed by atoms with E-state index < -0.39 is 5.97 Å². The number of hydrogen-bond donors (Lipinski definition) is 1. The van der Waals surface area contributed by atoms with Crippen molar-refractivity contribution in [1.29, 1.82) is 0 Å². The summed E-state index contributed by atoms with van der Waals surface area (Å²) in [5.41, 5.74) is 0. The van der Waals surface area contributed by atoms with Crippen LogP contribution in [0.5, 0.6) is 0 Å². The molecule has 124 valence electrons. The van der Waals surface area contributed by atoms with Gasteiger partial charge < -0.3 is 5.11 Å². The second-order valence-corrected chi connectivity index (χ2v) is 6.56. The molecular formula is C18H33BrO2. The Morgan fingerprint density at radius 1 is 0.714 bits per heavy atom. The summed E-state index contributed by atoms with van der Waals surface area (Å²) >= 11 is 3.46. The average Bonchev–Trinajstić information content (AvgIpc) is 2.46. The van der Waals surface area contributed by atoms with Crippen LogP contribution in [-0.4, -0.2) is 16.4 Å². The van der Waals surface area contributed by atoms with Gasteiger partial charge in [-0.15, -0.1) is 0 Å². The fraction of sp³-hybridized carbons (Fsp3) is 0.833. The van der Waals surface area contributed by atoms with Crippen LogP contribution in [0.15, 0.2) is 12.2 Å². The molecule has 0 amide bonds. The maximum Gasteiger partial charge on any atom is 0.303 e. The molecule has 0 aromatic rings. The predicted molar refractivity (Wildman–Crippen MR) is 95.2 cm³/mol. The van der Waals surface area contributed by atoms with Crippen LogP contribution >= 0.6 is 15.9 Å². The van der Waals surface area contributed by atoms with E-state index in [2.05, 4.69) is 28.1 Å². The predicted octanol–water partition coefficient (Wildman–Crippen LogP) is 6.48. The zero-order chi connectivity index (χ0) is 15.6. The monoisotopic (exact) mass is 360 g/mol. The topological polar surface area (TPSA) is 37.3 Å². The van der Waals surface area contributed by atoms with Gasteiger partial charge in [-0.05, 0) is 38.5 Å². The zero-order valence-electron chi connectivity index (χ0n) is 13.5. The van der Waals surface area contributed by atoms with Gasteiger partial charge in [-0.2, -0.15) is 0 Å².